The predicted molar refractivity (Wildman–Crippen MR) is 95.9 cm³/mol. The van der Waals surface area contributed by atoms with Gasteiger partial charge in [0.2, 0.25) is 0 Å². The molecule has 0 radical (unpaired) electrons. The molecule has 0 bridgehead atoms. The molecule has 2 aromatic heterocycles. The van der Waals surface area contributed by atoms with Gasteiger partial charge in [0.1, 0.15) is 16.5 Å². The van der Waals surface area contributed by atoms with Crippen molar-refractivity contribution in [3.63, 3.8) is 0 Å². The summed E-state index contributed by atoms with van der Waals surface area (Å²) in [5.74, 6) is -0.306. The zero-order valence-corrected chi connectivity index (χ0v) is 15.9. The van der Waals surface area contributed by atoms with E-state index in [1.165, 1.54) is 12.1 Å². The van der Waals surface area contributed by atoms with Crippen molar-refractivity contribution in [1.29, 1.82) is 0 Å². The second-order valence-corrected chi connectivity index (χ2v) is 6.79. The maximum absolute atomic E-state index is 13.3. The van der Waals surface area contributed by atoms with E-state index in [4.69, 9.17) is 0 Å². The Labute approximate surface area is 154 Å². The number of rotatable bonds is 4. The number of aliphatic hydroxyl groups is 1. The van der Waals surface area contributed by atoms with Gasteiger partial charge in [-0.05, 0) is 69.7 Å². The van der Waals surface area contributed by atoms with Gasteiger partial charge in [-0.3, -0.25) is 4.68 Å². The van der Waals surface area contributed by atoms with Gasteiger partial charge < -0.3 is 5.11 Å². The standard InChI is InChI=1S/C15H13BrFIN4O/c1-2-21-15(16)10(8-20-21)14(23)13-5-6-19-22(13)12-4-3-9(17)7-11(12)18/h3-8,14,23H,2H2,1H3. The Bertz CT molecular complexity index is 848. The Hall–Kier alpha value is -1.26. The second-order valence-electron chi connectivity index (χ2n) is 4.87. The van der Waals surface area contributed by atoms with E-state index in [0.717, 1.165) is 4.60 Å². The Morgan fingerprint density at radius 3 is 2.78 bits per heavy atom. The van der Waals surface area contributed by atoms with E-state index < -0.39 is 6.10 Å². The summed E-state index contributed by atoms with van der Waals surface area (Å²) in [4.78, 5) is 0. The van der Waals surface area contributed by atoms with E-state index in [-0.39, 0.29) is 5.82 Å². The molecule has 3 rings (SSSR count). The topological polar surface area (TPSA) is 55.9 Å². The van der Waals surface area contributed by atoms with E-state index in [0.29, 0.717) is 27.1 Å². The van der Waals surface area contributed by atoms with E-state index >= 15 is 0 Å². The number of hydrogen-bond acceptors (Lipinski definition) is 3. The monoisotopic (exact) mass is 490 g/mol. The van der Waals surface area contributed by atoms with Crippen LogP contribution in [0.15, 0.2) is 41.3 Å². The van der Waals surface area contributed by atoms with Gasteiger partial charge in [-0.1, -0.05) is 0 Å². The number of aryl methyl sites for hydroxylation is 1. The Morgan fingerprint density at radius 1 is 1.35 bits per heavy atom. The largest absolute Gasteiger partial charge is 0.382 e. The normalized spacial score (nSPS) is 12.6. The third-order valence-electron chi connectivity index (χ3n) is 3.49. The third kappa shape index (κ3) is 3.07. The highest BCUT2D eigenvalue weighted by Crippen LogP contribution is 2.30. The summed E-state index contributed by atoms with van der Waals surface area (Å²) in [5, 5.41) is 19.2. The summed E-state index contributed by atoms with van der Waals surface area (Å²) in [6, 6.07) is 6.18. The molecule has 0 aliphatic carbocycles. The Balaban J connectivity index is 2.05. The maximum Gasteiger partial charge on any atom is 0.125 e. The van der Waals surface area contributed by atoms with Crippen LogP contribution in [0.4, 0.5) is 4.39 Å². The summed E-state index contributed by atoms with van der Waals surface area (Å²) < 4.78 is 18.1. The molecule has 8 heteroatoms. The minimum absolute atomic E-state index is 0.306. The van der Waals surface area contributed by atoms with Crippen molar-refractivity contribution < 1.29 is 9.50 Å². The quantitative estimate of drug-likeness (QED) is 0.567. The molecular weight excluding hydrogens is 478 g/mol. The number of nitrogens with zero attached hydrogens (tertiary/aromatic N) is 4. The molecule has 2 heterocycles. The van der Waals surface area contributed by atoms with Crippen LogP contribution in [0.3, 0.4) is 0 Å². The second kappa shape index (κ2) is 6.70. The van der Waals surface area contributed by atoms with Gasteiger partial charge >= 0.3 is 0 Å². The van der Waals surface area contributed by atoms with Crippen LogP contribution >= 0.6 is 38.5 Å². The molecule has 0 fully saturated rings. The first-order valence-electron chi connectivity index (χ1n) is 6.91. The summed E-state index contributed by atoms with van der Waals surface area (Å²) in [7, 11) is 0. The fourth-order valence-electron chi connectivity index (χ4n) is 2.32. The number of halogens is 3. The van der Waals surface area contributed by atoms with Crippen LogP contribution in [-0.2, 0) is 6.54 Å². The van der Waals surface area contributed by atoms with Crippen molar-refractivity contribution in [3.05, 3.63) is 61.9 Å². The molecule has 1 unspecified atom stereocenters. The minimum atomic E-state index is -0.895. The average Bonchev–Trinajstić information content (AvgIpc) is 3.13. The van der Waals surface area contributed by atoms with Crippen molar-refractivity contribution in [1.82, 2.24) is 19.6 Å². The van der Waals surface area contributed by atoms with Gasteiger partial charge in [-0.2, -0.15) is 10.2 Å². The molecule has 1 aromatic carbocycles. The van der Waals surface area contributed by atoms with Gasteiger partial charge in [-0.25, -0.2) is 9.07 Å². The Morgan fingerprint density at radius 2 is 2.13 bits per heavy atom. The number of aromatic nitrogens is 4. The van der Waals surface area contributed by atoms with Crippen LogP contribution in [0.1, 0.15) is 24.3 Å². The zero-order chi connectivity index (χ0) is 16.6. The summed E-state index contributed by atoms with van der Waals surface area (Å²) in [5.41, 5.74) is 1.96. The molecule has 1 N–H and O–H groups in total. The molecule has 0 spiro atoms. The molecule has 0 aliphatic rings. The first kappa shape index (κ1) is 16.6. The van der Waals surface area contributed by atoms with Crippen molar-refractivity contribution in [2.24, 2.45) is 0 Å². The van der Waals surface area contributed by atoms with Crippen LogP contribution in [0.2, 0.25) is 0 Å². The zero-order valence-electron chi connectivity index (χ0n) is 12.1. The van der Waals surface area contributed by atoms with Gasteiger partial charge in [0.05, 0.1) is 17.6 Å². The predicted octanol–water partition coefficient (Wildman–Crippen LogP) is 3.68. The first-order chi connectivity index (χ1) is 11.0. The molecule has 23 heavy (non-hydrogen) atoms. The van der Waals surface area contributed by atoms with E-state index in [2.05, 4.69) is 48.7 Å². The number of aliphatic hydroxyl groups excluding tert-OH is 1. The summed E-state index contributed by atoms with van der Waals surface area (Å²) in [6.07, 6.45) is 2.34. The lowest BCUT2D eigenvalue weighted by atomic mass is 10.1. The van der Waals surface area contributed by atoms with Crippen LogP contribution in [-0.4, -0.2) is 24.7 Å². The number of hydrogen-bond donors (Lipinski definition) is 1. The Kier molecular flexibility index (Phi) is 4.83. The minimum Gasteiger partial charge on any atom is -0.382 e. The summed E-state index contributed by atoms with van der Waals surface area (Å²) in [6.45, 7) is 2.67. The third-order valence-corrected chi connectivity index (χ3v) is 5.22. The van der Waals surface area contributed by atoms with E-state index in [1.807, 2.05) is 6.92 Å². The molecule has 1 atom stereocenters. The van der Waals surface area contributed by atoms with Crippen molar-refractivity contribution in [2.45, 2.75) is 19.6 Å². The average molecular weight is 491 g/mol. The van der Waals surface area contributed by atoms with Crippen molar-refractivity contribution in [3.8, 4) is 5.69 Å². The fourth-order valence-corrected chi connectivity index (χ4v) is 3.69. The van der Waals surface area contributed by atoms with Gasteiger partial charge in [0.25, 0.3) is 0 Å². The molecule has 0 saturated carbocycles. The van der Waals surface area contributed by atoms with Crippen LogP contribution in [0.25, 0.3) is 5.69 Å². The molecule has 120 valence electrons. The molecular formula is C15H13BrFIN4O. The van der Waals surface area contributed by atoms with Crippen LogP contribution in [0.5, 0.6) is 0 Å². The lowest BCUT2D eigenvalue weighted by Crippen LogP contribution is -2.10. The van der Waals surface area contributed by atoms with E-state index in [1.54, 1.807) is 33.9 Å². The first-order valence-corrected chi connectivity index (χ1v) is 8.78. The highest BCUT2D eigenvalue weighted by Gasteiger charge is 2.22. The highest BCUT2D eigenvalue weighted by atomic mass is 127. The molecule has 0 saturated heterocycles. The lowest BCUT2D eigenvalue weighted by molar-refractivity contribution is 0.211. The van der Waals surface area contributed by atoms with Gasteiger partial charge in [0, 0.05) is 21.9 Å². The van der Waals surface area contributed by atoms with Crippen LogP contribution in [0, 0.1) is 9.39 Å². The highest BCUT2D eigenvalue weighted by molar-refractivity contribution is 14.1. The number of benzene rings is 1. The summed E-state index contributed by atoms with van der Waals surface area (Å²) >= 11 is 5.51. The maximum atomic E-state index is 13.3. The van der Waals surface area contributed by atoms with Gasteiger partial charge in [-0.15, -0.1) is 0 Å². The SMILES string of the molecule is CCn1ncc(C(O)c2ccnn2-c2ccc(F)cc2I)c1Br. The fraction of sp³-hybridized carbons (Fsp3) is 0.200. The van der Waals surface area contributed by atoms with Gasteiger partial charge in [0.15, 0.2) is 0 Å². The van der Waals surface area contributed by atoms with Crippen molar-refractivity contribution in [2.75, 3.05) is 0 Å². The lowest BCUT2D eigenvalue weighted by Gasteiger charge is -2.14. The molecule has 0 aliphatic heterocycles. The van der Waals surface area contributed by atoms with E-state index in [9.17, 15) is 9.50 Å². The van der Waals surface area contributed by atoms with Crippen molar-refractivity contribution >= 4 is 38.5 Å². The molecule has 5 nitrogen and oxygen atoms in total. The van der Waals surface area contributed by atoms with Crippen LogP contribution < -0.4 is 0 Å². The molecule has 3 aromatic rings. The molecule has 0 amide bonds. The smallest absolute Gasteiger partial charge is 0.125 e.